The number of rotatable bonds is 6. The second-order valence-electron chi connectivity index (χ2n) is 7.19. The molecule has 1 aliphatic carbocycles. The molecule has 0 aromatic rings. The Morgan fingerprint density at radius 3 is 2.55 bits per heavy atom. The predicted molar refractivity (Wildman–Crippen MR) is 94.7 cm³/mol. The van der Waals surface area contributed by atoms with Crippen LogP contribution in [0, 0.1) is 5.41 Å². The molecule has 0 fully saturated rings. The maximum atomic E-state index is 9.93. The lowest BCUT2D eigenvalue weighted by atomic mass is 9.71. The highest BCUT2D eigenvalue weighted by molar-refractivity contribution is 5.36. The molecule has 2 heteroatoms. The van der Waals surface area contributed by atoms with E-state index in [-0.39, 0.29) is 18.1 Å². The van der Waals surface area contributed by atoms with Crippen molar-refractivity contribution < 1.29 is 10.2 Å². The van der Waals surface area contributed by atoms with Gasteiger partial charge in [-0.15, -0.1) is 0 Å². The van der Waals surface area contributed by atoms with Crippen molar-refractivity contribution in [1.82, 2.24) is 0 Å². The van der Waals surface area contributed by atoms with E-state index in [0.29, 0.717) is 0 Å². The van der Waals surface area contributed by atoms with E-state index in [1.165, 1.54) is 22.3 Å². The van der Waals surface area contributed by atoms with Crippen LogP contribution in [0.4, 0.5) is 0 Å². The maximum absolute atomic E-state index is 9.93. The molecule has 1 aliphatic rings. The smallest absolute Gasteiger partial charge is 0.0614 e. The highest BCUT2D eigenvalue weighted by Crippen LogP contribution is 2.41. The second kappa shape index (κ2) is 8.50. The summed E-state index contributed by atoms with van der Waals surface area (Å²) >= 11 is 0. The fraction of sp³-hybridized carbons (Fsp3) is 0.600. The van der Waals surface area contributed by atoms with Crippen molar-refractivity contribution in [2.75, 3.05) is 6.61 Å². The van der Waals surface area contributed by atoms with E-state index >= 15 is 0 Å². The Kier molecular flexibility index (Phi) is 7.31. The van der Waals surface area contributed by atoms with Gasteiger partial charge in [-0.1, -0.05) is 54.9 Å². The van der Waals surface area contributed by atoms with Crippen molar-refractivity contribution in [2.45, 2.75) is 66.4 Å². The monoisotopic (exact) mass is 304 g/mol. The molecule has 0 radical (unpaired) electrons. The van der Waals surface area contributed by atoms with E-state index in [9.17, 15) is 5.11 Å². The van der Waals surface area contributed by atoms with Crippen LogP contribution in [0.15, 0.2) is 46.6 Å². The standard InChI is InChI=1S/C20H32O2/c1-15(7-6-8-16(2)11-12-21)9-10-19-17(3)13-18(22)14-20(19,4)5/h7,9-11,18,21-22H,6,8,12-14H2,1-5H3/b10-9-,15-7?,16-11-/t18-/m1/s1. The average Bonchev–Trinajstić information content (AvgIpc) is 2.36. The van der Waals surface area contributed by atoms with Gasteiger partial charge in [-0.05, 0) is 57.4 Å². The molecule has 22 heavy (non-hydrogen) atoms. The van der Waals surface area contributed by atoms with Crippen molar-refractivity contribution in [3.05, 3.63) is 46.6 Å². The van der Waals surface area contributed by atoms with Gasteiger partial charge in [-0.2, -0.15) is 0 Å². The number of aliphatic hydroxyl groups is 2. The first-order chi connectivity index (χ1) is 10.3. The Bertz CT molecular complexity index is 490. The zero-order chi connectivity index (χ0) is 16.8. The summed E-state index contributed by atoms with van der Waals surface area (Å²) in [5.41, 5.74) is 5.20. The molecule has 0 aliphatic heterocycles. The molecule has 2 nitrogen and oxygen atoms in total. The molecular weight excluding hydrogens is 272 g/mol. The summed E-state index contributed by atoms with van der Waals surface area (Å²) in [5, 5.41) is 18.8. The first-order valence-electron chi connectivity index (χ1n) is 8.26. The molecule has 0 saturated heterocycles. The van der Waals surface area contributed by atoms with Crippen molar-refractivity contribution >= 4 is 0 Å². The molecule has 0 aromatic heterocycles. The van der Waals surface area contributed by atoms with Gasteiger partial charge in [0.1, 0.15) is 0 Å². The molecule has 0 aromatic carbocycles. The summed E-state index contributed by atoms with van der Waals surface area (Å²) in [4.78, 5) is 0. The molecule has 0 saturated carbocycles. The van der Waals surface area contributed by atoms with E-state index in [1.54, 1.807) is 0 Å². The zero-order valence-electron chi connectivity index (χ0n) is 14.8. The van der Waals surface area contributed by atoms with Gasteiger partial charge in [-0.25, -0.2) is 0 Å². The van der Waals surface area contributed by atoms with Crippen LogP contribution in [-0.2, 0) is 0 Å². The molecule has 0 bridgehead atoms. The van der Waals surface area contributed by atoms with Gasteiger partial charge in [0, 0.05) is 0 Å². The van der Waals surface area contributed by atoms with Gasteiger partial charge in [0.05, 0.1) is 12.7 Å². The van der Waals surface area contributed by atoms with Gasteiger partial charge in [0.15, 0.2) is 0 Å². The summed E-state index contributed by atoms with van der Waals surface area (Å²) in [5.74, 6) is 0. The van der Waals surface area contributed by atoms with Crippen LogP contribution < -0.4 is 0 Å². The SMILES string of the molecule is CC(=CCC/C(C)=C\CO)/C=C\C1=C(C)C[C@@H](O)CC1(C)C. The van der Waals surface area contributed by atoms with E-state index in [4.69, 9.17) is 5.11 Å². The zero-order valence-corrected chi connectivity index (χ0v) is 14.8. The lowest BCUT2D eigenvalue weighted by Crippen LogP contribution is -2.28. The molecule has 1 atom stereocenters. The molecule has 124 valence electrons. The second-order valence-corrected chi connectivity index (χ2v) is 7.19. The minimum atomic E-state index is -0.204. The van der Waals surface area contributed by atoms with E-state index in [0.717, 1.165) is 25.7 Å². The number of hydrogen-bond acceptors (Lipinski definition) is 2. The minimum Gasteiger partial charge on any atom is -0.393 e. The van der Waals surface area contributed by atoms with Crippen LogP contribution in [0.5, 0.6) is 0 Å². The van der Waals surface area contributed by atoms with Crippen molar-refractivity contribution in [3.8, 4) is 0 Å². The van der Waals surface area contributed by atoms with E-state index in [2.05, 4.69) is 52.8 Å². The highest BCUT2D eigenvalue weighted by Gasteiger charge is 2.31. The van der Waals surface area contributed by atoms with Gasteiger partial charge < -0.3 is 10.2 Å². The summed E-state index contributed by atoms with van der Waals surface area (Å²) in [6.45, 7) is 10.9. The highest BCUT2D eigenvalue weighted by atomic mass is 16.3. The van der Waals surface area contributed by atoms with Crippen LogP contribution >= 0.6 is 0 Å². The Morgan fingerprint density at radius 2 is 1.95 bits per heavy atom. The molecule has 0 heterocycles. The molecule has 0 unspecified atom stereocenters. The Morgan fingerprint density at radius 1 is 1.27 bits per heavy atom. The molecule has 2 N–H and O–H groups in total. The van der Waals surface area contributed by atoms with E-state index in [1.807, 2.05) is 6.08 Å². The summed E-state index contributed by atoms with van der Waals surface area (Å²) < 4.78 is 0. The van der Waals surface area contributed by atoms with Gasteiger partial charge in [0.25, 0.3) is 0 Å². The topological polar surface area (TPSA) is 40.5 Å². The lowest BCUT2D eigenvalue weighted by molar-refractivity contribution is 0.116. The van der Waals surface area contributed by atoms with Crippen LogP contribution in [0.1, 0.15) is 60.3 Å². The first kappa shape index (κ1) is 18.9. The summed E-state index contributed by atoms with van der Waals surface area (Å²) in [6, 6.07) is 0. The minimum absolute atomic E-state index is 0.0407. The predicted octanol–water partition coefficient (Wildman–Crippen LogP) is 4.71. The van der Waals surface area contributed by atoms with Gasteiger partial charge in [0.2, 0.25) is 0 Å². The molecule has 1 rings (SSSR count). The lowest BCUT2D eigenvalue weighted by Gasteiger charge is -2.35. The van der Waals surface area contributed by atoms with Crippen LogP contribution in [0.2, 0.25) is 0 Å². The van der Waals surface area contributed by atoms with Gasteiger partial charge >= 0.3 is 0 Å². The third kappa shape index (κ3) is 5.94. The third-order valence-corrected chi connectivity index (χ3v) is 4.43. The normalized spacial score (nSPS) is 23.5. The first-order valence-corrected chi connectivity index (χ1v) is 8.26. The van der Waals surface area contributed by atoms with Crippen molar-refractivity contribution in [3.63, 3.8) is 0 Å². The van der Waals surface area contributed by atoms with Crippen LogP contribution in [0.3, 0.4) is 0 Å². The van der Waals surface area contributed by atoms with Crippen molar-refractivity contribution in [1.29, 1.82) is 0 Å². The van der Waals surface area contributed by atoms with E-state index < -0.39 is 0 Å². The quantitative estimate of drug-likeness (QED) is 0.551. The number of aliphatic hydroxyl groups excluding tert-OH is 2. The largest absolute Gasteiger partial charge is 0.393 e. The third-order valence-electron chi connectivity index (χ3n) is 4.43. The van der Waals surface area contributed by atoms with Crippen molar-refractivity contribution in [2.24, 2.45) is 5.41 Å². The number of hydrogen-bond donors (Lipinski definition) is 2. The fourth-order valence-electron chi connectivity index (χ4n) is 3.25. The molecular formula is C20H32O2. The Balaban J connectivity index is 2.70. The summed E-state index contributed by atoms with van der Waals surface area (Å²) in [6.07, 6.45) is 11.9. The van der Waals surface area contributed by atoms with Crippen LogP contribution in [-0.4, -0.2) is 22.9 Å². The maximum Gasteiger partial charge on any atom is 0.0614 e. The van der Waals surface area contributed by atoms with Crippen LogP contribution in [0.25, 0.3) is 0 Å². The summed E-state index contributed by atoms with van der Waals surface area (Å²) in [7, 11) is 0. The average molecular weight is 304 g/mol. The molecule has 0 amide bonds. The Labute approximate surface area is 135 Å². The number of allylic oxidation sites excluding steroid dienone is 6. The Hall–Kier alpha value is -1.12. The van der Waals surface area contributed by atoms with Gasteiger partial charge in [-0.3, -0.25) is 0 Å². The fourth-order valence-corrected chi connectivity index (χ4v) is 3.25. The molecule has 0 spiro atoms.